The van der Waals surface area contributed by atoms with Crippen LogP contribution in [0.1, 0.15) is 43.6 Å². The number of rotatable bonds is 6. The number of nitrogens with two attached hydrogens (primary N) is 3. The third-order valence-corrected chi connectivity index (χ3v) is 2.29. The van der Waals surface area contributed by atoms with E-state index in [0.717, 1.165) is 0 Å². The summed E-state index contributed by atoms with van der Waals surface area (Å²) in [5, 5.41) is 12.9. The lowest BCUT2D eigenvalue weighted by Crippen LogP contribution is -2.24. The van der Waals surface area contributed by atoms with E-state index in [1.165, 1.54) is 6.92 Å². The first-order chi connectivity index (χ1) is 7.91. The lowest BCUT2D eigenvalue weighted by atomic mass is 10.1. The molecule has 0 radical (unpaired) electrons. The predicted molar refractivity (Wildman–Crippen MR) is 58.3 cm³/mol. The third kappa shape index (κ3) is 3.77. The normalized spacial score (nSPS) is 16.5. The number of aromatic nitrogens is 2. The average molecular weight is 243 g/mol. The number of aliphatic hydroxyl groups is 1. The van der Waals surface area contributed by atoms with E-state index in [2.05, 4.69) is 10.1 Å². The van der Waals surface area contributed by atoms with Crippen molar-refractivity contribution in [1.29, 1.82) is 0 Å². The van der Waals surface area contributed by atoms with E-state index < -0.39 is 24.1 Å². The van der Waals surface area contributed by atoms with Crippen LogP contribution in [0.3, 0.4) is 0 Å². The lowest BCUT2D eigenvalue weighted by molar-refractivity contribution is -0.118. The molecule has 17 heavy (non-hydrogen) atoms. The molecule has 1 amide bonds. The molecule has 0 aliphatic carbocycles. The highest BCUT2D eigenvalue weighted by atomic mass is 16.5. The van der Waals surface area contributed by atoms with Crippen molar-refractivity contribution in [1.82, 2.24) is 10.1 Å². The molecule has 1 aromatic rings. The maximum absolute atomic E-state index is 10.6. The third-order valence-electron chi connectivity index (χ3n) is 2.29. The van der Waals surface area contributed by atoms with Gasteiger partial charge in [-0.2, -0.15) is 4.98 Å². The van der Waals surface area contributed by atoms with Crippen molar-refractivity contribution in [3.8, 4) is 0 Å². The summed E-state index contributed by atoms with van der Waals surface area (Å²) < 4.78 is 4.90. The molecule has 0 aliphatic rings. The van der Waals surface area contributed by atoms with Gasteiger partial charge in [0.05, 0.1) is 18.2 Å². The maximum Gasteiger partial charge on any atom is 0.243 e. The molecular weight excluding hydrogens is 226 g/mol. The Balaban J connectivity index is 2.64. The fraction of sp³-hybridized carbons (Fsp3) is 0.667. The van der Waals surface area contributed by atoms with Gasteiger partial charge in [0.25, 0.3) is 0 Å². The Labute approximate surface area is 98.1 Å². The molecule has 1 unspecified atom stereocenters. The van der Waals surface area contributed by atoms with Crippen molar-refractivity contribution in [2.45, 2.75) is 38.0 Å². The summed E-state index contributed by atoms with van der Waals surface area (Å²) >= 11 is 0. The van der Waals surface area contributed by atoms with Gasteiger partial charge in [-0.15, -0.1) is 0 Å². The number of carbonyl (C=O) groups excluding carboxylic acids is 1. The number of hydrogen-bond acceptors (Lipinski definition) is 7. The minimum atomic E-state index is -0.790. The molecule has 1 rings (SSSR count). The molecule has 0 spiro atoms. The first-order valence-corrected chi connectivity index (χ1v) is 5.23. The Kier molecular flexibility index (Phi) is 4.55. The topological polar surface area (TPSA) is 154 Å². The molecular formula is C9H17N5O3. The van der Waals surface area contributed by atoms with E-state index in [9.17, 15) is 9.90 Å². The molecule has 0 saturated heterocycles. The van der Waals surface area contributed by atoms with Gasteiger partial charge in [-0.25, -0.2) is 0 Å². The first kappa shape index (κ1) is 13.6. The highest BCUT2D eigenvalue weighted by molar-refractivity contribution is 5.73. The fourth-order valence-electron chi connectivity index (χ4n) is 1.17. The molecule has 1 heterocycles. The van der Waals surface area contributed by atoms with E-state index in [1.807, 2.05) is 0 Å². The molecule has 0 fully saturated rings. The van der Waals surface area contributed by atoms with Crippen molar-refractivity contribution in [3.05, 3.63) is 11.7 Å². The summed E-state index contributed by atoms with van der Waals surface area (Å²) in [5.41, 5.74) is 16.3. The van der Waals surface area contributed by atoms with Gasteiger partial charge in [-0.1, -0.05) is 5.16 Å². The van der Waals surface area contributed by atoms with Crippen LogP contribution in [-0.2, 0) is 4.79 Å². The van der Waals surface area contributed by atoms with Crippen molar-refractivity contribution in [2.75, 3.05) is 0 Å². The van der Waals surface area contributed by atoms with Crippen LogP contribution in [0.4, 0.5) is 0 Å². The SMILES string of the molecule is CC(O)[C@@H](N)c1noc([C@H](N)CCC(N)=O)n1. The van der Waals surface area contributed by atoms with Gasteiger partial charge < -0.3 is 26.8 Å². The summed E-state index contributed by atoms with van der Waals surface area (Å²) in [6.07, 6.45) is -0.329. The fourth-order valence-corrected chi connectivity index (χ4v) is 1.17. The van der Waals surface area contributed by atoms with Crippen LogP contribution in [0.15, 0.2) is 4.52 Å². The summed E-state index contributed by atoms with van der Waals surface area (Å²) in [7, 11) is 0. The Morgan fingerprint density at radius 2 is 2.18 bits per heavy atom. The largest absolute Gasteiger partial charge is 0.391 e. The molecule has 0 saturated carbocycles. The molecule has 1 aromatic heterocycles. The van der Waals surface area contributed by atoms with Crippen LogP contribution in [0.2, 0.25) is 0 Å². The summed E-state index contributed by atoms with van der Waals surface area (Å²) in [5.74, 6) is -0.0808. The number of hydrogen-bond donors (Lipinski definition) is 4. The van der Waals surface area contributed by atoms with E-state index in [1.54, 1.807) is 0 Å². The van der Waals surface area contributed by atoms with E-state index in [0.29, 0.717) is 6.42 Å². The van der Waals surface area contributed by atoms with E-state index >= 15 is 0 Å². The maximum atomic E-state index is 10.6. The van der Waals surface area contributed by atoms with Crippen LogP contribution < -0.4 is 17.2 Å². The Bertz CT molecular complexity index is 378. The van der Waals surface area contributed by atoms with Gasteiger partial charge in [0.2, 0.25) is 11.8 Å². The zero-order valence-corrected chi connectivity index (χ0v) is 9.54. The van der Waals surface area contributed by atoms with E-state index in [-0.39, 0.29) is 18.1 Å². The molecule has 8 heteroatoms. The second-order valence-electron chi connectivity index (χ2n) is 3.87. The predicted octanol–water partition coefficient (Wildman–Crippen LogP) is -1.28. The summed E-state index contributed by atoms with van der Waals surface area (Å²) in [6.45, 7) is 1.52. The van der Waals surface area contributed by atoms with Crippen LogP contribution in [-0.4, -0.2) is 27.3 Å². The highest BCUT2D eigenvalue weighted by Gasteiger charge is 2.21. The quantitative estimate of drug-likeness (QED) is 0.484. The van der Waals surface area contributed by atoms with Crippen LogP contribution >= 0.6 is 0 Å². The lowest BCUT2D eigenvalue weighted by Gasteiger charge is -2.09. The van der Waals surface area contributed by atoms with Gasteiger partial charge in [0, 0.05) is 6.42 Å². The van der Waals surface area contributed by atoms with Gasteiger partial charge in [0.15, 0.2) is 5.82 Å². The van der Waals surface area contributed by atoms with Crippen LogP contribution in [0.5, 0.6) is 0 Å². The zero-order chi connectivity index (χ0) is 13.0. The minimum absolute atomic E-state index is 0.140. The molecule has 3 atom stereocenters. The standard InChI is InChI=1S/C9H17N5O3/c1-4(15)7(12)8-13-9(17-14-8)5(10)2-3-6(11)16/h4-5,7,15H,2-3,10,12H2,1H3,(H2,11,16)/t4?,5-,7-/m1/s1. The number of nitrogens with zero attached hydrogens (tertiary/aromatic N) is 2. The average Bonchev–Trinajstić information content (AvgIpc) is 2.73. The minimum Gasteiger partial charge on any atom is -0.391 e. The Morgan fingerprint density at radius 3 is 2.71 bits per heavy atom. The van der Waals surface area contributed by atoms with Crippen molar-refractivity contribution < 1.29 is 14.4 Å². The highest BCUT2D eigenvalue weighted by Crippen LogP contribution is 2.16. The smallest absolute Gasteiger partial charge is 0.243 e. The number of carbonyl (C=O) groups is 1. The molecule has 96 valence electrons. The second-order valence-corrected chi connectivity index (χ2v) is 3.87. The molecule has 0 bridgehead atoms. The van der Waals surface area contributed by atoms with E-state index in [4.69, 9.17) is 21.7 Å². The zero-order valence-electron chi connectivity index (χ0n) is 9.54. The van der Waals surface area contributed by atoms with Crippen LogP contribution in [0.25, 0.3) is 0 Å². The molecule has 7 N–H and O–H groups in total. The molecule has 0 aromatic carbocycles. The number of primary amides is 1. The molecule has 8 nitrogen and oxygen atoms in total. The number of amides is 1. The first-order valence-electron chi connectivity index (χ1n) is 5.23. The Morgan fingerprint density at radius 1 is 1.53 bits per heavy atom. The van der Waals surface area contributed by atoms with Gasteiger partial charge in [-0.05, 0) is 13.3 Å². The summed E-state index contributed by atoms with van der Waals surface area (Å²) in [4.78, 5) is 14.6. The Hall–Kier alpha value is -1.51. The van der Waals surface area contributed by atoms with Gasteiger partial charge in [0.1, 0.15) is 0 Å². The van der Waals surface area contributed by atoms with Crippen molar-refractivity contribution in [3.63, 3.8) is 0 Å². The van der Waals surface area contributed by atoms with Crippen molar-refractivity contribution >= 4 is 5.91 Å². The summed E-state index contributed by atoms with van der Waals surface area (Å²) in [6, 6.07) is -1.29. The van der Waals surface area contributed by atoms with Gasteiger partial charge >= 0.3 is 0 Å². The molecule has 0 aliphatic heterocycles. The van der Waals surface area contributed by atoms with Gasteiger partial charge in [-0.3, -0.25) is 4.79 Å². The van der Waals surface area contributed by atoms with Crippen LogP contribution in [0, 0.1) is 0 Å². The monoisotopic (exact) mass is 243 g/mol. The van der Waals surface area contributed by atoms with Crippen molar-refractivity contribution in [2.24, 2.45) is 17.2 Å². The number of aliphatic hydroxyl groups excluding tert-OH is 1. The second kappa shape index (κ2) is 5.71.